The number of alkyl carbamates (subject to hydrolysis) is 1. The monoisotopic (exact) mass is 807 g/mol. The predicted octanol–water partition coefficient (Wildman–Crippen LogP) is 3.26. The molecule has 2 bridgehead atoms. The van der Waals surface area contributed by atoms with Gasteiger partial charge >= 0.3 is 24.0 Å². The molecule has 4 aliphatic rings. The molecule has 2 saturated carbocycles. The highest BCUT2D eigenvalue weighted by Crippen LogP contribution is 2.64. The zero-order valence-electron chi connectivity index (χ0n) is 33.5. The molecule has 3 aliphatic carbocycles. The molecular weight excluding hydrogens is 754 g/mol. The van der Waals surface area contributed by atoms with E-state index in [9.17, 15) is 44.4 Å². The smallest absolute Gasteiger partial charge is 0.407 e. The van der Waals surface area contributed by atoms with Gasteiger partial charge < -0.3 is 49.4 Å². The van der Waals surface area contributed by atoms with Crippen LogP contribution in [0.25, 0.3) is 0 Å². The first-order valence-electron chi connectivity index (χ1n) is 19.6. The van der Waals surface area contributed by atoms with E-state index < -0.39 is 107 Å². The van der Waals surface area contributed by atoms with E-state index in [4.69, 9.17) is 23.7 Å². The predicted molar refractivity (Wildman–Crippen MR) is 204 cm³/mol. The van der Waals surface area contributed by atoms with Crippen LogP contribution in [0.5, 0.6) is 0 Å². The van der Waals surface area contributed by atoms with Crippen LogP contribution >= 0.6 is 0 Å². The van der Waals surface area contributed by atoms with E-state index in [0.717, 1.165) is 13.3 Å². The van der Waals surface area contributed by atoms with Crippen LogP contribution in [0.3, 0.4) is 0 Å². The third-order valence-electron chi connectivity index (χ3n) is 12.9. The zero-order chi connectivity index (χ0) is 42.4. The first kappa shape index (κ1) is 42.9. The second kappa shape index (κ2) is 16.2. The Morgan fingerprint density at radius 1 is 0.983 bits per heavy atom. The highest BCUT2D eigenvalue weighted by molar-refractivity contribution is 5.94. The van der Waals surface area contributed by atoms with Crippen molar-refractivity contribution in [3.05, 3.63) is 82.9 Å². The molecular formula is C43H53NO14. The molecule has 3 fully saturated rings. The van der Waals surface area contributed by atoms with Gasteiger partial charge in [0.05, 0.1) is 42.3 Å². The molecule has 58 heavy (non-hydrogen) atoms. The van der Waals surface area contributed by atoms with E-state index in [1.54, 1.807) is 62.4 Å². The van der Waals surface area contributed by atoms with Crippen LogP contribution in [0.2, 0.25) is 0 Å². The first-order chi connectivity index (χ1) is 27.3. The van der Waals surface area contributed by atoms with Crippen molar-refractivity contribution in [2.45, 2.75) is 121 Å². The van der Waals surface area contributed by atoms with Gasteiger partial charge in [0.25, 0.3) is 0 Å². The lowest BCUT2D eigenvalue weighted by atomic mass is 9.44. The van der Waals surface area contributed by atoms with Gasteiger partial charge in [-0.15, -0.1) is 0 Å². The SMILES string of the molecule is CCCCOC(=O)N[C@@H](c1ccccc1)[C@@H](O)C(=O)O[C@H]1C[C@@]2(O)[C@@H](OC(=O)c3ccccc3)[C@H]3[C@](C)(C(=O)[C@H](O)C(=C1C)C2(C)C)[C@@H](O)CC1OC[C@]13OC(C)=O. The van der Waals surface area contributed by atoms with E-state index in [2.05, 4.69) is 5.32 Å². The van der Waals surface area contributed by atoms with Crippen LogP contribution in [0.1, 0.15) is 89.2 Å². The molecule has 1 unspecified atom stereocenters. The molecule has 15 heteroatoms. The second-order valence-electron chi connectivity index (χ2n) is 16.6. The summed E-state index contributed by atoms with van der Waals surface area (Å²) in [6.07, 6.45) is -10.0. The molecule has 1 saturated heterocycles. The number of Topliss-reactive ketones (excluding diaryl/α,β-unsaturated/α-hetero) is 1. The molecule has 2 aromatic carbocycles. The fourth-order valence-electron chi connectivity index (χ4n) is 9.60. The summed E-state index contributed by atoms with van der Waals surface area (Å²) in [5, 5.41) is 51.5. The third-order valence-corrected chi connectivity index (χ3v) is 12.9. The van der Waals surface area contributed by atoms with Gasteiger partial charge in [-0.1, -0.05) is 75.7 Å². The lowest BCUT2D eigenvalue weighted by Gasteiger charge is -2.67. The fraction of sp³-hybridized carbons (Fsp3) is 0.558. The van der Waals surface area contributed by atoms with Gasteiger partial charge in [0, 0.05) is 25.2 Å². The Hall–Kier alpha value is -4.67. The topological polar surface area (TPSA) is 224 Å². The van der Waals surface area contributed by atoms with Gasteiger partial charge in [-0.05, 0) is 49.1 Å². The molecule has 1 heterocycles. The number of benzene rings is 2. The number of esters is 3. The van der Waals surface area contributed by atoms with Crippen LogP contribution in [-0.2, 0) is 38.1 Å². The van der Waals surface area contributed by atoms with E-state index >= 15 is 0 Å². The number of ether oxygens (including phenoxy) is 5. The summed E-state index contributed by atoms with van der Waals surface area (Å²) in [7, 11) is 0. The molecule has 1 aliphatic heterocycles. The van der Waals surface area contributed by atoms with Crippen molar-refractivity contribution in [2.75, 3.05) is 13.2 Å². The minimum Gasteiger partial charge on any atom is -0.456 e. The van der Waals surface area contributed by atoms with Crippen molar-refractivity contribution in [3.63, 3.8) is 0 Å². The maximum atomic E-state index is 14.9. The number of amides is 1. The normalized spacial score (nSPS) is 33.4. The molecule has 0 radical (unpaired) electrons. The summed E-state index contributed by atoms with van der Waals surface area (Å²) in [4.78, 5) is 68.7. The Kier molecular flexibility index (Phi) is 12.0. The molecule has 0 aromatic heterocycles. The molecule has 0 spiro atoms. The summed E-state index contributed by atoms with van der Waals surface area (Å²) in [6.45, 7) is 8.89. The second-order valence-corrected chi connectivity index (χ2v) is 16.6. The molecule has 1 amide bonds. The average molecular weight is 808 g/mol. The number of unbranched alkanes of at least 4 members (excludes halogenated alkanes) is 1. The van der Waals surface area contributed by atoms with E-state index in [1.165, 1.54) is 26.0 Å². The fourth-order valence-corrected chi connectivity index (χ4v) is 9.60. The first-order valence-corrected chi connectivity index (χ1v) is 19.6. The Balaban J connectivity index is 1.47. The van der Waals surface area contributed by atoms with Crippen LogP contribution in [-0.4, -0.2) is 111 Å². The lowest BCUT2D eigenvalue weighted by Crippen LogP contribution is -2.81. The number of nitrogens with one attached hydrogen (secondary N) is 1. The molecule has 6 rings (SSSR count). The summed E-state index contributed by atoms with van der Waals surface area (Å²) in [5.41, 5.74) is -7.17. The number of hydrogen-bond acceptors (Lipinski definition) is 14. The number of ketones is 1. The minimum atomic E-state index is -2.35. The summed E-state index contributed by atoms with van der Waals surface area (Å²) in [5.74, 6) is -5.34. The molecule has 15 nitrogen and oxygen atoms in total. The largest absolute Gasteiger partial charge is 0.456 e. The number of rotatable bonds is 11. The Bertz CT molecular complexity index is 1930. The summed E-state index contributed by atoms with van der Waals surface area (Å²) >= 11 is 0. The van der Waals surface area contributed by atoms with Gasteiger partial charge in [-0.2, -0.15) is 0 Å². The van der Waals surface area contributed by atoms with Crippen LogP contribution < -0.4 is 5.32 Å². The van der Waals surface area contributed by atoms with Crippen LogP contribution in [0.4, 0.5) is 4.79 Å². The van der Waals surface area contributed by atoms with Gasteiger partial charge in [-0.25, -0.2) is 14.4 Å². The van der Waals surface area contributed by atoms with E-state index in [-0.39, 0.29) is 36.3 Å². The van der Waals surface area contributed by atoms with E-state index in [0.29, 0.717) is 12.0 Å². The standard InChI is InChI=1S/C43H53NO14/c1-7-8-19-54-39(52)44-31(25-15-11-9-12-16-25)33(48)38(51)56-27-21-43(53)36(57-37(50)26-17-13-10-14-18-26)34-41(6,35(49)32(47)30(23(27)2)40(43,4)5)28(46)20-29-42(34,22-55-29)58-24(3)45/h9-18,27-29,31-34,36,46-48,53H,7-8,19-22H2,1-6H3,(H,44,52)/t27-,28-,29?,31-,32+,33+,34-,36-,41+,42-,43+/m0/s1. The summed E-state index contributed by atoms with van der Waals surface area (Å²) < 4.78 is 29.4. The molecule has 2 aromatic rings. The quantitative estimate of drug-likeness (QED) is 0.0952. The van der Waals surface area contributed by atoms with Crippen molar-refractivity contribution >= 4 is 29.8 Å². The van der Waals surface area contributed by atoms with Gasteiger partial charge in [-0.3, -0.25) is 9.59 Å². The van der Waals surface area contributed by atoms with Gasteiger partial charge in [0.2, 0.25) is 0 Å². The lowest BCUT2D eigenvalue weighted by molar-refractivity contribution is -0.346. The number of carbonyl (C=O) groups excluding carboxylic acids is 5. The summed E-state index contributed by atoms with van der Waals surface area (Å²) in [6, 6.07) is 14.7. The number of aliphatic hydroxyl groups excluding tert-OH is 3. The van der Waals surface area contributed by atoms with Crippen LogP contribution in [0.15, 0.2) is 71.8 Å². The van der Waals surface area contributed by atoms with E-state index in [1.807, 2.05) is 6.92 Å². The number of hydrogen-bond donors (Lipinski definition) is 5. The minimum absolute atomic E-state index is 0.0584. The van der Waals surface area contributed by atoms with Crippen molar-refractivity contribution in [2.24, 2.45) is 16.7 Å². The Labute approximate surface area is 336 Å². The van der Waals surface area contributed by atoms with Gasteiger partial charge in [0.1, 0.15) is 30.0 Å². The van der Waals surface area contributed by atoms with Gasteiger partial charge in [0.15, 0.2) is 17.5 Å². The third kappa shape index (κ3) is 7.10. The molecule has 314 valence electrons. The van der Waals surface area contributed by atoms with Crippen molar-refractivity contribution in [3.8, 4) is 0 Å². The molecule has 11 atom stereocenters. The Morgan fingerprint density at radius 3 is 2.21 bits per heavy atom. The maximum absolute atomic E-state index is 14.9. The Morgan fingerprint density at radius 2 is 1.62 bits per heavy atom. The highest BCUT2D eigenvalue weighted by atomic mass is 16.6. The number of carbonyl (C=O) groups is 5. The maximum Gasteiger partial charge on any atom is 0.407 e. The van der Waals surface area contributed by atoms with Crippen LogP contribution in [0, 0.1) is 16.7 Å². The zero-order valence-corrected chi connectivity index (χ0v) is 33.5. The van der Waals surface area contributed by atoms with Crippen molar-refractivity contribution in [1.29, 1.82) is 0 Å². The van der Waals surface area contributed by atoms with Crippen molar-refractivity contribution in [1.82, 2.24) is 5.32 Å². The highest BCUT2D eigenvalue weighted by Gasteiger charge is 2.78. The number of fused-ring (bicyclic) bond motifs is 5. The van der Waals surface area contributed by atoms with Crippen molar-refractivity contribution < 1.29 is 68.1 Å². The molecule has 5 N–H and O–H groups in total. The average Bonchev–Trinajstić information content (AvgIpc) is 3.18. The number of aliphatic hydroxyl groups is 4.